The SMILES string of the molecule is CC(C)c1nc(Cl)cc(Oc2cccc(Cl)c2F)n1. The van der Waals surface area contributed by atoms with Gasteiger partial charge in [-0.25, -0.2) is 9.37 Å². The molecule has 0 bridgehead atoms. The lowest BCUT2D eigenvalue weighted by molar-refractivity contribution is 0.423. The highest BCUT2D eigenvalue weighted by molar-refractivity contribution is 6.30. The molecule has 0 N–H and O–H groups in total. The third-order valence-corrected chi connectivity index (χ3v) is 2.82. The van der Waals surface area contributed by atoms with Crippen LogP contribution in [0.4, 0.5) is 4.39 Å². The van der Waals surface area contributed by atoms with Crippen LogP contribution in [0.3, 0.4) is 0 Å². The van der Waals surface area contributed by atoms with E-state index in [1.807, 2.05) is 13.8 Å². The Kier molecular flexibility index (Phi) is 4.22. The summed E-state index contributed by atoms with van der Waals surface area (Å²) < 4.78 is 19.1. The standard InChI is InChI=1S/C13H11Cl2FN2O/c1-7(2)13-17-10(15)6-11(18-13)19-9-5-3-4-8(14)12(9)16/h3-7H,1-2H3. The van der Waals surface area contributed by atoms with Crippen molar-refractivity contribution >= 4 is 23.2 Å². The van der Waals surface area contributed by atoms with Gasteiger partial charge >= 0.3 is 0 Å². The molecule has 0 aliphatic rings. The Morgan fingerprint density at radius 1 is 1.21 bits per heavy atom. The number of rotatable bonds is 3. The van der Waals surface area contributed by atoms with E-state index in [-0.39, 0.29) is 27.7 Å². The highest BCUT2D eigenvalue weighted by Gasteiger charge is 2.12. The minimum atomic E-state index is -0.634. The third-order valence-electron chi connectivity index (χ3n) is 2.34. The third kappa shape index (κ3) is 3.33. The molecular weight excluding hydrogens is 290 g/mol. The van der Waals surface area contributed by atoms with E-state index >= 15 is 0 Å². The molecule has 100 valence electrons. The molecule has 2 aromatic rings. The van der Waals surface area contributed by atoms with Crippen LogP contribution >= 0.6 is 23.2 Å². The maximum Gasteiger partial charge on any atom is 0.224 e. The Labute approximate surface area is 120 Å². The molecule has 0 spiro atoms. The minimum absolute atomic E-state index is 0.00280. The van der Waals surface area contributed by atoms with Gasteiger partial charge in [0.1, 0.15) is 11.0 Å². The maximum absolute atomic E-state index is 13.7. The fourth-order valence-corrected chi connectivity index (χ4v) is 1.75. The molecule has 0 unspecified atom stereocenters. The highest BCUT2D eigenvalue weighted by Crippen LogP contribution is 2.29. The van der Waals surface area contributed by atoms with Crippen molar-refractivity contribution in [3.63, 3.8) is 0 Å². The van der Waals surface area contributed by atoms with E-state index in [0.29, 0.717) is 5.82 Å². The maximum atomic E-state index is 13.7. The first-order chi connectivity index (χ1) is 8.97. The molecule has 0 radical (unpaired) electrons. The molecule has 0 atom stereocenters. The van der Waals surface area contributed by atoms with Gasteiger partial charge in [0.25, 0.3) is 0 Å². The summed E-state index contributed by atoms with van der Waals surface area (Å²) in [6.45, 7) is 3.85. The summed E-state index contributed by atoms with van der Waals surface area (Å²) in [7, 11) is 0. The van der Waals surface area contributed by atoms with E-state index in [1.165, 1.54) is 18.2 Å². The van der Waals surface area contributed by atoms with Gasteiger partial charge in [-0.3, -0.25) is 0 Å². The number of hydrogen-bond donors (Lipinski definition) is 0. The van der Waals surface area contributed by atoms with Crippen LogP contribution in [0.15, 0.2) is 24.3 Å². The van der Waals surface area contributed by atoms with Crippen LogP contribution < -0.4 is 4.74 Å². The van der Waals surface area contributed by atoms with Gasteiger partial charge in [-0.2, -0.15) is 4.98 Å². The Morgan fingerprint density at radius 2 is 1.95 bits per heavy atom. The lowest BCUT2D eigenvalue weighted by Crippen LogP contribution is -2.00. The van der Waals surface area contributed by atoms with Crippen LogP contribution in [-0.2, 0) is 0 Å². The fourth-order valence-electron chi connectivity index (χ4n) is 1.40. The Balaban J connectivity index is 2.35. The topological polar surface area (TPSA) is 35.0 Å². The summed E-state index contributed by atoms with van der Waals surface area (Å²) in [5, 5.41) is 0.234. The zero-order valence-corrected chi connectivity index (χ0v) is 11.8. The Bertz CT molecular complexity index is 605. The summed E-state index contributed by atoms with van der Waals surface area (Å²) in [5.74, 6) is 0.169. The average Bonchev–Trinajstić information content (AvgIpc) is 2.34. The number of aromatic nitrogens is 2. The van der Waals surface area contributed by atoms with E-state index in [4.69, 9.17) is 27.9 Å². The van der Waals surface area contributed by atoms with Gasteiger partial charge in [-0.1, -0.05) is 43.1 Å². The van der Waals surface area contributed by atoms with E-state index in [2.05, 4.69) is 9.97 Å². The van der Waals surface area contributed by atoms with Crippen molar-refractivity contribution in [2.45, 2.75) is 19.8 Å². The van der Waals surface area contributed by atoms with Crippen molar-refractivity contribution in [2.75, 3.05) is 0 Å². The van der Waals surface area contributed by atoms with Crippen molar-refractivity contribution < 1.29 is 9.13 Å². The van der Waals surface area contributed by atoms with Gasteiger partial charge in [0.2, 0.25) is 5.88 Å². The van der Waals surface area contributed by atoms with Crippen LogP contribution in [0.25, 0.3) is 0 Å². The van der Waals surface area contributed by atoms with Gasteiger partial charge in [0, 0.05) is 12.0 Å². The second-order valence-corrected chi connectivity index (χ2v) is 4.99. The molecule has 1 heterocycles. The van der Waals surface area contributed by atoms with Crippen molar-refractivity contribution in [1.29, 1.82) is 0 Å². The second kappa shape index (κ2) is 5.72. The van der Waals surface area contributed by atoms with Gasteiger partial charge in [-0.05, 0) is 12.1 Å². The minimum Gasteiger partial charge on any atom is -0.436 e. The molecule has 1 aromatic heterocycles. The van der Waals surface area contributed by atoms with Crippen molar-refractivity contribution in [3.05, 3.63) is 46.1 Å². The van der Waals surface area contributed by atoms with Crippen LogP contribution in [-0.4, -0.2) is 9.97 Å². The zero-order chi connectivity index (χ0) is 14.0. The number of ether oxygens (including phenoxy) is 1. The molecule has 2 rings (SSSR count). The number of halogens is 3. The molecule has 19 heavy (non-hydrogen) atoms. The average molecular weight is 301 g/mol. The molecule has 0 amide bonds. The largest absolute Gasteiger partial charge is 0.436 e. The van der Waals surface area contributed by atoms with Gasteiger partial charge in [0.05, 0.1) is 5.02 Å². The second-order valence-electron chi connectivity index (χ2n) is 4.20. The molecular formula is C13H11Cl2FN2O. The van der Waals surface area contributed by atoms with Gasteiger partial charge < -0.3 is 4.74 Å². The Hall–Kier alpha value is -1.39. The van der Waals surface area contributed by atoms with Crippen LogP contribution in [0.5, 0.6) is 11.6 Å². The molecule has 0 fully saturated rings. The van der Waals surface area contributed by atoms with E-state index in [1.54, 1.807) is 6.07 Å². The zero-order valence-electron chi connectivity index (χ0n) is 10.3. The van der Waals surface area contributed by atoms with Gasteiger partial charge in [-0.15, -0.1) is 0 Å². The van der Waals surface area contributed by atoms with E-state index in [0.717, 1.165) is 0 Å². The van der Waals surface area contributed by atoms with Crippen molar-refractivity contribution in [2.24, 2.45) is 0 Å². The lowest BCUT2D eigenvalue weighted by atomic mass is 10.2. The molecule has 0 aliphatic carbocycles. The van der Waals surface area contributed by atoms with E-state index < -0.39 is 5.82 Å². The summed E-state index contributed by atoms with van der Waals surface area (Å²) in [4.78, 5) is 8.24. The quantitative estimate of drug-likeness (QED) is 0.761. The van der Waals surface area contributed by atoms with Gasteiger partial charge in [0.15, 0.2) is 11.6 Å². The lowest BCUT2D eigenvalue weighted by Gasteiger charge is -2.09. The number of hydrogen-bond acceptors (Lipinski definition) is 3. The normalized spacial score (nSPS) is 10.8. The smallest absolute Gasteiger partial charge is 0.224 e. The molecule has 3 nitrogen and oxygen atoms in total. The van der Waals surface area contributed by atoms with Crippen molar-refractivity contribution in [3.8, 4) is 11.6 Å². The van der Waals surface area contributed by atoms with Crippen LogP contribution in [0.2, 0.25) is 10.2 Å². The first kappa shape index (κ1) is 14.0. The summed E-state index contributed by atoms with van der Waals surface area (Å²) in [5.41, 5.74) is 0. The predicted octanol–water partition coefficient (Wildman–Crippen LogP) is 4.84. The fraction of sp³-hybridized carbons (Fsp3) is 0.231. The summed E-state index contributed by atoms with van der Waals surface area (Å²) in [6.07, 6.45) is 0. The first-order valence-corrected chi connectivity index (χ1v) is 6.39. The predicted molar refractivity (Wildman–Crippen MR) is 72.6 cm³/mol. The van der Waals surface area contributed by atoms with E-state index in [9.17, 15) is 4.39 Å². The summed E-state index contributed by atoms with van der Waals surface area (Å²) >= 11 is 11.6. The number of benzene rings is 1. The molecule has 1 aromatic carbocycles. The highest BCUT2D eigenvalue weighted by atomic mass is 35.5. The summed E-state index contributed by atoms with van der Waals surface area (Å²) in [6, 6.07) is 5.92. The molecule has 0 saturated heterocycles. The van der Waals surface area contributed by atoms with Crippen LogP contribution in [0, 0.1) is 5.82 Å². The van der Waals surface area contributed by atoms with Crippen LogP contribution in [0.1, 0.15) is 25.6 Å². The first-order valence-electron chi connectivity index (χ1n) is 5.63. The number of nitrogens with zero attached hydrogens (tertiary/aromatic N) is 2. The molecule has 0 aliphatic heterocycles. The molecule has 0 saturated carbocycles. The van der Waals surface area contributed by atoms with Crippen molar-refractivity contribution in [1.82, 2.24) is 9.97 Å². The monoisotopic (exact) mass is 300 g/mol. The Morgan fingerprint density at radius 3 is 2.63 bits per heavy atom. The molecule has 6 heteroatoms.